The van der Waals surface area contributed by atoms with Gasteiger partial charge in [-0.15, -0.1) is 0 Å². The maximum absolute atomic E-state index is 13.9. The highest BCUT2D eigenvalue weighted by Gasteiger charge is 2.37. The molecule has 0 aromatic heterocycles. The molecule has 0 bridgehead atoms. The van der Waals surface area contributed by atoms with Gasteiger partial charge in [0.2, 0.25) is 17.7 Å². The molecule has 1 rings (SSSR count). The van der Waals surface area contributed by atoms with Gasteiger partial charge in [-0.3, -0.25) is 19.3 Å². The Morgan fingerprint density at radius 3 is 1.80 bits per heavy atom. The molecular formula is C32H52N4O8. The molecule has 248 valence electrons. The van der Waals surface area contributed by atoms with Gasteiger partial charge in [0.15, 0.2) is 6.04 Å². The van der Waals surface area contributed by atoms with Crippen molar-refractivity contribution < 1.29 is 38.9 Å². The number of rotatable bonds is 15. The fraction of sp³-hybridized carbons (Fsp3) is 0.656. The summed E-state index contributed by atoms with van der Waals surface area (Å²) in [5.74, 6) is -3.34. The van der Waals surface area contributed by atoms with Crippen molar-refractivity contribution in [1.29, 1.82) is 0 Å². The van der Waals surface area contributed by atoms with Crippen LogP contribution in [0.15, 0.2) is 30.3 Å². The predicted molar refractivity (Wildman–Crippen MR) is 167 cm³/mol. The molecule has 4 amide bonds. The van der Waals surface area contributed by atoms with Gasteiger partial charge in [-0.05, 0) is 57.9 Å². The second-order valence-corrected chi connectivity index (χ2v) is 13.1. The Morgan fingerprint density at radius 1 is 0.818 bits per heavy atom. The number of hydrogen-bond acceptors (Lipinski definition) is 7. The van der Waals surface area contributed by atoms with Crippen LogP contribution >= 0.6 is 0 Å². The van der Waals surface area contributed by atoms with Crippen LogP contribution in [0, 0.1) is 11.8 Å². The normalized spacial score (nSPS) is 15.0. The first kappa shape index (κ1) is 38.4. The van der Waals surface area contributed by atoms with Crippen molar-refractivity contribution in [2.24, 2.45) is 11.8 Å². The van der Waals surface area contributed by atoms with Crippen LogP contribution in [0.2, 0.25) is 0 Å². The number of carboxylic acid groups (broad SMARTS) is 1. The molecule has 0 heterocycles. The molecule has 0 aliphatic carbocycles. The first-order valence-electron chi connectivity index (χ1n) is 15.0. The van der Waals surface area contributed by atoms with Crippen LogP contribution < -0.4 is 10.6 Å². The number of aliphatic hydroxyl groups excluding tert-OH is 1. The van der Waals surface area contributed by atoms with Crippen LogP contribution in [0.25, 0.3) is 0 Å². The van der Waals surface area contributed by atoms with Crippen molar-refractivity contribution in [3.8, 4) is 0 Å². The highest BCUT2D eigenvalue weighted by Crippen LogP contribution is 2.18. The summed E-state index contributed by atoms with van der Waals surface area (Å²) in [7, 11) is 2.90. The number of ether oxygens (including phenoxy) is 1. The highest BCUT2D eigenvalue weighted by atomic mass is 16.6. The Kier molecular flexibility index (Phi) is 14.8. The van der Waals surface area contributed by atoms with Gasteiger partial charge in [-0.1, -0.05) is 58.0 Å². The minimum Gasteiger partial charge on any atom is -0.480 e. The summed E-state index contributed by atoms with van der Waals surface area (Å²) >= 11 is 0. The van der Waals surface area contributed by atoms with E-state index in [1.807, 2.05) is 58.0 Å². The van der Waals surface area contributed by atoms with E-state index in [1.165, 1.54) is 30.8 Å². The number of likely N-dealkylation sites (N-methyl/N-ethyl adjacent to an activating group) is 2. The van der Waals surface area contributed by atoms with Crippen molar-refractivity contribution in [3.63, 3.8) is 0 Å². The maximum Gasteiger partial charge on any atom is 0.410 e. The summed E-state index contributed by atoms with van der Waals surface area (Å²) in [6.07, 6.45) is -1.45. The van der Waals surface area contributed by atoms with E-state index in [0.29, 0.717) is 0 Å². The molecule has 4 N–H and O–H groups in total. The number of aliphatic carboxylic acids is 1. The summed E-state index contributed by atoms with van der Waals surface area (Å²) in [6, 6.07) is 4.46. The van der Waals surface area contributed by atoms with Crippen molar-refractivity contribution in [1.82, 2.24) is 20.4 Å². The number of aliphatic hydroxyl groups is 1. The number of carbonyl (C=O) groups is 5. The summed E-state index contributed by atoms with van der Waals surface area (Å²) in [6.45, 7) is 13.9. The average Bonchev–Trinajstić information content (AvgIpc) is 2.90. The van der Waals surface area contributed by atoms with Gasteiger partial charge in [-0.25, -0.2) is 9.59 Å². The minimum absolute atomic E-state index is 0.0298. The number of benzene rings is 1. The lowest BCUT2D eigenvalue weighted by Crippen LogP contribution is -2.59. The lowest BCUT2D eigenvalue weighted by molar-refractivity contribution is -0.148. The molecule has 0 spiro atoms. The highest BCUT2D eigenvalue weighted by molar-refractivity contribution is 5.94. The van der Waals surface area contributed by atoms with Crippen LogP contribution in [-0.2, 0) is 30.3 Å². The summed E-state index contributed by atoms with van der Waals surface area (Å²) in [5, 5.41) is 24.5. The summed E-state index contributed by atoms with van der Waals surface area (Å²) in [5.41, 5.74) is 0.00364. The third-order valence-electron chi connectivity index (χ3n) is 6.90. The number of nitrogens with one attached hydrogen (secondary N) is 2. The molecule has 1 aromatic rings. The quantitative estimate of drug-likeness (QED) is 0.232. The van der Waals surface area contributed by atoms with Crippen LogP contribution in [0.5, 0.6) is 0 Å². The Balaban J connectivity index is 3.38. The molecule has 0 radical (unpaired) electrons. The number of hydrogen-bond donors (Lipinski definition) is 4. The van der Waals surface area contributed by atoms with E-state index in [9.17, 15) is 34.2 Å². The second-order valence-electron chi connectivity index (χ2n) is 13.1. The van der Waals surface area contributed by atoms with Crippen LogP contribution in [0.1, 0.15) is 73.8 Å². The maximum atomic E-state index is 13.9. The molecule has 0 aliphatic heterocycles. The topological polar surface area (TPSA) is 166 Å². The number of nitrogens with zero attached hydrogens (tertiary/aromatic N) is 2. The monoisotopic (exact) mass is 620 g/mol. The van der Waals surface area contributed by atoms with Crippen LogP contribution in [0.4, 0.5) is 4.79 Å². The minimum atomic E-state index is -1.56. The third kappa shape index (κ3) is 12.5. The van der Waals surface area contributed by atoms with E-state index in [2.05, 4.69) is 10.6 Å². The smallest absolute Gasteiger partial charge is 0.410 e. The molecule has 5 atom stereocenters. The lowest BCUT2D eigenvalue weighted by Gasteiger charge is -2.35. The third-order valence-corrected chi connectivity index (χ3v) is 6.90. The predicted octanol–water partition coefficient (Wildman–Crippen LogP) is 2.82. The van der Waals surface area contributed by atoms with Gasteiger partial charge in [0.05, 0.1) is 6.10 Å². The SMILES string of the molecule is CC(C)C[C@H](NC(=O)[C@H](Cc1ccccc1)N(C)C(=O)OC(C)(C)C)C(=O)N(C)[C@@H](CC(C)C)C(=O)N[C@H](C(=O)O)[C@@H](C)O. The van der Waals surface area contributed by atoms with E-state index in [1.54, 1.807) is 20.8 Å². The van der Waals surface area contributed by atoms with E-state index in [0.717, 1.165) is 5.56 Å². The van der Waals surface area contributed by atoms with Crippen molar-refractivity contribution in [3.05, 3.63) is 35.9 Å². The summed E-state index contributed by atoms with van der Waals surface area (Å²) < 4.78 is 5.51. The number of amides is 4. The van der Waals surface area contributed by atoms with E-state index >= 15 is 0 Å². The fourth-order valence-corrected chi connectivity index (χ4v) is 4.59. The number of carbonyl (C=O) groups excluding carboxylic acids is 4. The van der Waals surface area contributed by atoms with Gasteiger partial charge < -0.3 is 30.5 Å². The van der Waals surface area contributed by atoms with Gasteiger partial charge in [0.1, 0.15) is 23.7 Å². The van der Waals surface area contributed by atoms with E-state index < -0.39 is 65.7 Å². The van der Waals surface area contributed by atoms with Crippen LogP contribution in [-0.4, -0.2) is 99.8 Å². The molecule has 0 fully saturated rings. The van der Waals surface area contributed by atoms with Crippen molar-refractivity contribution in [2.75, 3.05) is 14.1 Å². The van der Waals surface area contributed by atoms with Gasteiger partial charge in [0.25, 0.3) is 0 Å². The first-order chi connectivity index (χ1) is 20.2. The van der Waals surface area contributed by atoms with Crippen molar-refractivity contribution >= 4 is 29.8 Å². The molecule has 12 nitrogen and oxygen atoms in total. The molecule has 0 unspecified atom stereocenters. The van der Waals surface area contributed by atoms with E-state index in [4.69, 9.17) is 4.74 Å². The average molecular weight is 621 g/mol. The molecule has 1 aromatic carbocycles. The molecular weight excluding hydrogens is 568 g/mol. The first-order valence-corrected chi connectivity index (χ1v) is 15.0. The molecule has 0 saturated heterocycles. The molecule has 0 aliphatic rings. The fourth-order valence-electron chi connectivity index (χ4n) is 4.59. The molecule has 44 heavy (non-hydrogen) atoms. The second kappa shape index (κ2) is 17.0. The van der Waals surface area contributed by atoms with Crippen LogP contribution in [0.3, 0.4) is 0 Å². The molecule has 12 heteroatoms. The van der Waals surface area contributed by atoms with Gasteiger partial charge in [-0.2, -0.15) is 0 Å². The summed E-state index contributed by atoms with van der Waals surface area (Å²) in [4.78, 5) is 68.1. The largest absolute Gasteiger partial charge is 0.480 e. The Hall–Kier alpha value is -3.67. The number of carboxylic acids is 1. The standard InChI is InChI=1S/C32H52N4O8/c1-19(2)16-23(29(40)35(9)24(17-20(3)4)28(39)34-26(21(5)37)30(41)42)33-27(38)25(18-22-14-12-11-13-15-22)36(10)31(43)44-32(6,7)8/h11-15,19-21,23-26,37H,16-18H2,1-10H3,(H,33,38)(H,34,39)(H,41,42)/t21-,23+,24+,25+,26+/m1/s1. The zero-order valence-electron chi connectivity index (χ0n) is 27.8. The lowest BCUT2D eigenvalue weighted by atomic mass is 9.97. The Labute approximate surface area is 261 Å². The zero-order valence-corrected chi connectivity index (χ0v) is 27.8. The zero-order chi connectivity index (χ0) is 33.9. The molecule has 0 saturated carbocycles. The Bertz CT molecular complexity index is 1120. The van der Waals surface area contributed by atoms with E-state index in [-0.39, 0.29) is 31.1 Å². The van der Waals surface area contributed by atoms with Gasteiger partial charge >= 0.3 is 12.1 Å². The van der Waals surface area contributed by atoms with Crippen molar-refractivity contribution in [2.45, 2.75) is 111 Å². The Morgan fingerprint density at radius 2 is 1.34 bits per heavy atom. The van der Waals surface area contributed by atoms with Gasteiger partial charge in [0, 0.05) is 20.5 Å².